The third-order valence-corrected chi connectivity index (χ3v) is 5.13. The maximum Gasteiger partial charge on any atom is 0.293 e. The zero-order valence-corrected chi connectivity index (χ0v) is 15.4. The number of hydrogen-bond acceptors (Lipinski definition) is 5. The highest BCUT2D eigenvalue weighted by Crippen LogP contribution is 2.37. The zero-order chi connectivity index (χ0) is 16.4. The minimum Gasteiger partial charge on any atom is -0.504 e. The standard InChI is InChI=1S/C15H16INO4S/c1-4-8(2)17-14(19)12(22-15(17)20)7-9-5-10(16)13(18)11(6-9)21-3/h5-8,18H,4H2,1-3H3/b12-7-. The number of aromatic hydroxyl groups is 1. The predicted molar refractivity (Wildman–Crippen MR) is 94.9 cm³/mol. The lowest BCUT2D eigenvalue weighted by molar-refractivity contribution is -0.124. The lowest BCUT2D eigenvalue weighted by atomic mass is 10.1. The summed E-state index contributed by atoms with van der Waals surface area (Å²) in [7, 11) is 1.46. The molecule has 0 bridgehead atoms. The van der Waals surface area contributed by atoms with E-state index >= 15 is 0 Å². The highest BCUT2D eigenvalue weighted by Gasteiger charge is 2.37. The molecule has 5 nitrogen and oxygen atoms in total. The molecule has 7 heteroatoms. The summed E-state index contributed by atoms with van der Waals surface area (Å²) in [4.78, 5) is 26.0. The Morgan fingerprint density at radius 2 is 2.14 bits per heavy atom. The summed E-state index contributed by atoms with van der Waals surface area (Å²) in [5, 5.41) is 9.59. The second-order valence-corrected chi connectivity index (χ2v) is 7.02. The van der Waals surface area contributed by atoms with Crippen LogP contribution in [0.3, 0.4) is 0 Å². The first kappa shape index (κ1) is 17.1. The van der Waals surface area contributed by atoms with Gasteiger partial charge in [0, 0.05) is 6.04 Å². The van der Waals surface area contributed by atoms with E-state index in [0.29, 0.717) is 19.8 Å². The van der Waals surface area contributed by atoms with Crippen LogP contribution < -0.4 is 4.74 Å². The fraction of sp³-hybridized carbons (Fsp3) is 0.333. The third kappa shape index (κ3) is 3.24. The summed E-state index contributed by atoms with van der Waals surface area (Å²) in [6, 6.07) is 3.25. The number of methoxy groups -OCH3 is 1. The van der Waals surface area contributed by atoms with Crippen molar-refractivity contribution in [3.63, 3.8) is 0 Å². The van der Waals surface area contributed by atoms with Crippen LogP contribution in [0.25, 0.3) is 6.08 Å². The monoisotopic (exact) mass is 433 g/mol. The van der Waals surface area contributed by atoms with E-state index in [0.717, 1.165) is 18.2 Å². The summed E-state index contributed by atoms with van der Waals surface area (Å²) in [5.41, 5.74) is 0.703. The Labute approximate surface area is 146 Å². The van der Waals surface area contributed by atoms with Gasteiger partial charge in [-0.3, -0.25) is 14.5 Å². The van der Waals surface area contributed by atoms with Gasteiger partial charge < -0.3 is 9.84 Å². The number of carbonyl (C=O) groups is 2. The molecule has 1 heterocycles. The fourth-order valence-corrected chi connectivity index (χ4v) is 3.58. The molecule has 1 aliphatic heterocycles. The molecule has 0 saturated carbocycles. The first-order valence-corrected chi connectivity index (χ1v) is 8.62. The van der Waals surface area contributed by atoms with Crippen LogP contribution >= 0.6 is 34.4 Å². The molecular formula is C15H16INO4S. The average Bonchev–Trinajstić information content (AvgIpc) is 2.76. The van der Waals surface area contributed by atoms with Gasteiger partial charge in [0.25, 0.3) is 11.1 Å². The molecule has 1 unspecified atom stereocenters. The SMILES string of the molecule is CCC(C)N1C(=O)S/C(=C\c2cc(I)c(O)c(OC)c2)C1=O. The summed E-state index contributed by atoms with van der Waals surface area (Å²) in [6.07, 6.45) is 2.37. The molecule has 118 valence electrons. The van der Waals surface area contributed by atoms with Crippen LogP contribution in [-0.4, -0.2) is 34.3 Å². The summed E-state index contributed by atoms with van der Waals surface area (Å²) < 4.78 is 5.72. The number of nitrogens with zero attached hydrogens (tertiary/aromatic N) is 1. The number of phenols is 1. The van der Waals surface area contributed by atoms with E-state index in [1.807, 2.05) is 36.4 Å². The molecule has 1 aliphatic rings. The Morgan fingerprint density at radius 1 is 1.45 bits per heavy atom. The first-order chi connectivity index (χ1) is 10.4. The summed E-state index contributed by atoms with van der Waals surface area (Å²) in [6.45, 7) is 3.79. The van der Waals surface area contributed by atoms with Crippen LogP contribution in [0.1, 0.15) is 25.8 Å². The number of ether oxygens (including phenoxy) is 1. The van der Waals surface area contributed by atoms with Crippen molar-refractivity contribution in [2.75, 3.05) is 7.11 Å². The van der Waals surface area contributed by atoms with E-state index in [4.69, 9.17) is 4.74 Å². The van der Waals surface area contributed by atoms with E-state index in [2.05, 4.69) is 0 Å². The zero-order valence-electron chi connectivity index (χ0n) is 12.4. The Kier molecular flexibility index (Phi) is 5.38. The van der Waals surface area contributed by atoms with Gasteiger partial charge in [-0.15, -0.1) is 0 Å². The molecule has 1 N–H and O–H groups in total. The number of phenolic OH excluding ortho intramolecular Hbond substituents is 1. The molecule has 0 aliphatic carbocycles. The van der Waals surface area contributed by atoms with Gasteiger partial charge in [0.1, 0.15) is 0 Å². The van der Waals surface area contributed by atoms with Gasteiger partial charge in [0.2, 0.25) is 0 Å². The van der Waals surface area contributed by atoms with E-state index in [1.54, 1.807) is 18.2 Å². The van der Waals surface area contributed by atoms with Gasteiger partial charge in [-0.25, -0.2) is 0 Å². The smallest absolute Gasteiger partial charge is 0.293 e. The highest BCUT2D eigenvalue weighted by molar-refractivity contribution is 14.1. The van der Waals surface area contributed by atoms with Crippen LogP contribution in [-0.2, 0) is 4.79 Å². The van der Waals surface area contributed by atoms with Crippen LogP contribution in [0.2, 0.25) is 0 Å². The van der Waals surface area contributed by atoms with Crippen molar-refractivity contribution in [3.8, 4) is 11.5 Å². The van der Waals surface area contributed by atoms with Crippen molar-refractivity contribution in [2.45, 2.75) is 26.3 Å². The Morgan fingerprint density at radius 3 is 2.73 bits per heavy atom. The second kappa shape index (κ2) is 6.91. The summed E-state index contributed by atoms with van der Waals surface area (Å²) >= 11 is 2.92. The van der Waals surface area contributed by atoms with Crippen molar-refractivity contribution in [1.82, 2.24) is 4.90 Å². The van der Waals surface area contributed by atoms with Crippen molar-refractivity contribution < 1.29 is 19.4 Å². The molecule has 1 saturated heterocycles. The second-order valence-electron chi connectivity index (χ2n) is 4.86. The number of thioether (sulfide) groups is 1. The van der Waals surface area contributed by atoms with E-state index in [9.17, 15) is 14.7 Å². The van der Waals surface area contributed by atoms with Crippen LogP contribution in [0.4, 0.5) is 4.79 Å². The van der Waals surface area contributed by atoms with Crippen LogP contribution in [0, 0.1) is 3.57 Å². The Hall–Kier alpha value is -1.22. The normalized spacial score (nSPS) is 18.2. The quantitative estimate of drug-likeness (QED) is 0.578. The molecule has 22 heavy (non-hydrogen) atoms. The van der Waals surface area contributed by atoms with Gasteiger partial charge in [0.05, 0.1) is 15.6 Å². The Balaban J connectivity index is 2.37. The molecule has 0 spiro atoms. The van der Waals surface area contributed by atoms with Crippen molar-refractivity contribution in [2.24, 2.45) is 0 Å². The summed E-state index contributed by atoms with van der Waals surface area (Å²) in [5.74, 6) is 0.124. The van der Waals surface area contributed by atoms with E-state index in [1.165, 1.54) is 12.0 Å². The number of imide groups is 1. The average molecular weight is 433 g/mol. The van der Waals surface area contributed by atoms with Crippen molar-refractivity contribution >= 4 is 51.6 Å². The van der Waals surface area contributed by atoms with Crippen LogP contribution in [0.15, 0.2) is 17.0 Å². The molecule has 2 amide bonds. The predicted octanol–water partition coefficient (Wildman–Crippen LogP) is 3.84. The number of halogens is 1. The minimum atomic E-state index is -0.272. The lowest BCUT2D eigenvalue weighted by Gasteiger charge is -2.19. The van der Waals surface area contributed by atoms with E-state index in [-0.39, 0.29) is 22.9 Å². The number of rotatable bonds is 4. The molecule has 0 aromatic heterocycles. The number of amides is 2. The largest absolute Gasteiger partial charge is 0.504 e. The lowest BCUT2D eigenvalue weighted by Crippen LogP contribution is -2.36. The maximum atomic E-state index is 12.4. The highest BCUT2D eigenvalue weighted by atomic mass is 127. The van der Waals surface area contributed by atoms with Gasteiger partial charge >= 0.3 is 0 Å². The van der Waals surface area contributed by atoms with E-state index < -0.39 is 0 Å². The Bertz CT molecular complexity index is 659. The maximum absolute atomic E-state index is 12.4. The van der Waals surface area contributed by atoms with Crippen molar-refractivity contribution in [1.29, 1.82) is 0 Å². The number of carbonyl (C=O) groups excluding carboxylic acids is 2. The topological polar surface area (TPSA) is 66.8 Å². The van der Waals surface area contributed by atoms with Crippen molar-refractivity contribution in [3.05, 3.63) is 26.2 Å². The molecule has 2 rings (SSSR count). The molecule has 1 atom stereocenters. The molecule has 1 aromatic carbocycles. The third-order valence-electron chi connectivity index (χ3n) is 3.42. The first-order valence-electron chi connectivity index (χ1n) is 6.72. The fourth-order valence-electron chi connectivity index (χ4n) is 2.03. The van der Waals surface area contributed by atoms with Gasteiger partial charge in [-0.1, -0.05) is 6.92 Å². The van der Waals surface area contributed by atoms with Gasteiger partial charge in [-0.2, -0.15) is 0 Å². The molecule has 1 aromatic rings. The number of hydrogen-bond donors (Lipinski definition) is 1. The van der Waals surface area contributed by atoms with Gasteiger partial charge in [-0.05, 0) is 71.5 Å². The molecule has 0 radical (unpaired) electrons. The van der Waals surface area contributed by atoms with Gasteiger partial charge in [0.15, 0.2) is 11.5 Å². The number of benzene rings is 1. The molecule has 1 fully saturated rings. The minimum absolute atomic E-state index is 0.0629. The molecular weight excluding hydrogens is 417 g/mol. The van der Waals surface area contributed by atoms with Crippen LogP contribution in [0.5, 0.6) is 11.5 Å².